The monoisotopic (exact) mass is 251 g/mol. The van der Waals surface area contributed by atoms with Gasteiger partial charge in [-0.25, -0.2) is 0 Å². The first-order valence-corrected chi connectivity index (χ1v) is 6.54. The van der Waals surface area contributed by atoms with Gasteiger partial charge in [-0.05, 0) is 17.4 Å². The van der Waals surface area contributed by atoms with Crippen molar-refractivity contribution in [2.24, 2.45) is 0 Å². The maximum atomic E-state index is 8.77. The van der Waals surface area contributed by atoms with Crippen molar-refractivity contribution < 1.29 is 9.47 Å². The van der Waals surface area contributed by atoms with Gasteiger partial charge in [0, 0.05) is 11.8 Å². The van der Waals surface area contributed by atoms with Gasteiger partial charge >= 0.3 is 0 Å². The standard InChI is InChI=1S/C13H17NO2S/c1-10(2)17-7-6-16-12-5-4-11(9-14)8-13(12)15-3/h4-5,8,10H,6-7H2,1-3H3. The quantitative estimate of drug-likeness (QED) is 0.729. The zero-order valence-corrected chi connectivity index (χ0v) is 11.2. The maximum absolute atomic E-state index is 8.77. The van der Waals surface area contributed by atoms with Crippen LogP contribution in [-0.2, 0) is 0 Å². The molecule has 92 valence electrons. The summed E-state index contributed by atoms with van der Waals surface area (Å²) in [6.07, 6.45) is 0. The van der Waals surface area contributed by atoms with E-state index in [9.17, 15) is 0 Å². The SMILES string of the molecule is COc1cc(C#N)ccc1OCCSC(C)C. The molecule has 3 nitrogen and oxygen atoms in total. The van der Waals surface area contributed by atoms with Gasteiger partial charge in [-0.1, -0.05) is 13.8 Å². The highest BCUT2D eigenvalue weighted by Crippen LogP contribution is 2.28. The lowest BCUT2D eigenvalue weighted by Crippen LogP contribution is -2.03. The fourth-order valence-corrected chi connectivity index (χ4v) is 1.94. The smallest absolute Gasteiger partial charge is 0.162 e. The fourth-order valence-electron chi connectivity index (χ4n) is 1.29. The van der Waals surface area contributed by atoms with E-state index in [4.69, 9.17) is 14.7 Å². The van der Waals surface area contributed by atoms with Crippen molar-refractivity contribution >= 4 is 11.8 Å². The Labute approximate surface area is 107 Å². The zero-order valence-electron chi connectivity index (χ0n) is 10.4. The summed E-state index contributed by atoms with van der Waals surface area (Å²) in [5.41, 5.74) is 0.575. The molecule has 0 spiro atoms. The third kappa shape index (κ3) is 4.58. The van der Waals surface area contributed by atoms with Gasteiger partial charge in [-0.3, -0.25) is 0 Å². The molecule has 0 aliphatic heterocycles. The third-order valence-corrected chi connectivity index (χ3v) is 3.15. The number of benzene rings is 1. The molecule has 0 atom stereocenters. The van der Waals surface area contributed by atoms with Gasteiger partial charge in [0.1, 0.15) is 0 Å². The van der Waals surface area contributed by atoms with Crippen molar-refractivity contribution in [1.82, 2.24) is 0 Å². The molecule has 0 aliphatic rings. The summed E-state index contributed by atoms with van der Waals surface area (Å²) in [6, 6.07) is 7.26. The summed E-state index contributed by atoms with van der Waals surface area (Å²) >= 11 is 1.85. The lowest BCUT2D eigenvalue weighted by Gasteiger charge is -2.11. The second-order valence-electron chi connectivity index (χ2n) is 3.75. The molecule has 0 bridgehead atoms. The van der Waals surface area contributed by atoms with Crippen molar-refractivity contribution in [3.05, 3.63) is 23.8 Å². The van der Waals surface area contributed by atoms with E-state index < -0.39 is 0 Å². The molecule has 0 saturated carbocycles. The Balaban J connectivity index is 2.56. The molecule has 0 amide bonds. The molecule has 17 heavy (non-hydrogen) atoms. The highest BCUT2D eigenvalue weighted by atomic mass is 32.2. The molecule has 0 radical (unpaired) electrons. The van der Waals surface area contributed by atoms with Gasteiger partial charge in [0.05, 0.1) is 25.3 Å². The number of ether oxygens (including phenoxy) is 2. The third-order valence-electron chi connectivity index (χ3n) is 2.08. The van der Waals surface area contributed by atoms with Gasteiger partial charge in [-0.15, -0.1) is 0 Å². The average molecular weight is 251 g/mol. The van der Waals surface area contributed by atoms with Crippen molar-refractivity contribution in [3.63, 3.8) is 0 Å². The minimum atomic E-state index is 0.575. The molecular weight excluding hydrogens is 234 g/mol. The molecule has 0 aliphatic carbocycles. The van der Waals surface area contributed by atoms with Crippen LogP contribution in [0.2, 0.25) is 0 Å². The molecule has 0 unspecified atom stereocenters. The molecule has 1 aromatic rings. The average Bonchev–Trinajstić information content (AvgIpc) is 2.34. The van der Waals surface area contributed by atoms with Gasteiger partial charge in [-0.2, -0.15) is 17.0 Å². The number of hydrogen-bond donors (Lipinski definition) is 0. The van der Waals surface area contributed by atoms with E-state index in [0.29, 0.717) is 28.9 Å². The van der Waals surface area contributed by atoms with E-state index in [-0.39, 0.29) is 0 Å². The predicted octanol–water partition coefficient (Wildman–Crippen LogP) is 3.09. The Bertz CT molecular complexity index is 399. The molecule has 0 saturated heterocycles. The number of rotatable bonds is 6. The molecule has 0 heterocycles. The van der Waals surface area contributed by atoms with Gasteiger partial charge in [0.25, 0.3) is 0 Å². The lowest BCUT2D eigenvalue weighted by molar-refractivity contribution is 0.313. The van der Waals surface area contributed by atoms with Crippen LogP contribution in [0, 0.1) is 11.3 Å². The second kappa shape index (κ2) is 7.08. The van der Waals surface area contributed by atoms with E-state index in [0.717, 1.165) is 5.75 Å². The van der Waals surface area contributed by atoms with E-state index in [1.54, 1.807) is 25.3 Å². The summed E-state index contributed by atoms with van der Waals surface area (Å²) in [6.45, 7) is 4.96. The van der Waals surface area contributed by atoms with Crippen LogP contribution in [0.4, 0.5) is 0 Å². The van der Waals surface area contributed by atoms with Gasteiger partial charge < -0.3 is 9.47 Å². The maximum Gasteiger partial charge on any atom is 0.162 e. The van der Waals surface area contributed by atoms with Crippen LogP contribution in [0.1, 0.15) is 19.4 Å². The van der Waals surface area contributed by atoms with Crippen molar-refractivity contribution in [2.75, 3.05) is 19.5 Å². The Morgan fingerprint density at radius 1 is 1.35 bits per heavy atom. The summed E-state index contributed by atoms with van der Waals surface area (Å²) < 4.78 is 10.8. The van der Waals surface area contributed by atoms with Crippen LogP contribution >= 0.6 is 11.8 Å². The lowest BCUT2D eigenvalue weighted by atomic mass is 10.2. The first kappa shape index (κ1) is 13.7. The Morgan fingerprint density at radius 3 is 2.71 bits per heavy atom. The zero-order chi connectivity index (χ0) is 12.7. The molecule has 1 aromatic carbocycles. The number of thioether (sulfide) groups is 1. The largest absolute Gasteiger partial charge is 0.493 e. The van der Waals surface area contributed by atoms with Crippen molar-refractivity contribution in [2.45, 2.75) is 19.1 Å². The minimum absolute atomic E-state index is 0.575. The Kier molecular flexibility index (Phi) is 5.71. The van der Waals surface area contributed by atoms with Crippen LogP contribution in [0.5, 0.6) is 11.5 Å². The highest BCUT2D eigenvalue weighted by molar-refractivity contribution is 7.99. The number of nitrogens with zero attached hydrogens (tertiary/aromatic N) is 1. The van der Waals surface area contributed by atoms with E-state index >= 15 is 0 Å². The van der Waals surface area contributed by atoms with Crippen LogP contribution < -0.4 is 9.47 Å². The van der Waals surface area contributed by atoms with E-state index in [1.165, 1.54) is 0 Å². The van der Waals surface area contributed by atoms with Crippen molar-refractivity contribution in [1.29, 1.82) is 5.26 Å². The molecular formula is C13H17NO2S. The van der Waals surface area contributed by atoms with Gasteiger partial charge in [0.15, 0.2) is 11.5 Å². The number of nitriles is 1. The normalized spacial score (nSPS) is 10.1. The molecule has 1 rings (SSSR count). The topological polar surface area (TPSA) is 42.2 Å². The molecule has 0 N–H and O–H groups in total. The first-order valence-electron chi connectivity index (χ1n) is 5.50. The summed E-state index contributed by atoms with van der Waals surface area (Å²) in [5, 5.41) is 9.39. The van der Waals surface area contributed by atoms with E-state index in [2.05, 4.69) is 19.9 Å². The summed E-state index contributed by atoms with van der Waals surface area (Å²) in [4.78, 5) is 0. The van der Waals surface area contributed by atoms with Crippen LogP contribution in [0.3, 0.4) is 0 Å². The predicted molar refractivity (Wildman–Crippen MR) is 70.8 cm³/mol. The Morgan fingerprint density at radius 2 is 2.12 bits per heavy atom. The second-order valence-corrected chi connectivity index (χ2v) is 5.43. The summed E-state index contributed by atoms with van der Waals surface area (Å²) in [7, 11) is 1.58. The Hall–Kier alpha value is -1.34. The fraction of sp³-hybridized carbons (Fsp3) is 0.462. The van der Waals surface area contributed by atoms with Gasteiger partial charge in [0.2, 0.25) is 0 Å². The van der Waals surface area contributed by atoms with E-state index in [1.807, 2.05) is 11.8 Å². The van der Waals surface area contributed by atoms with Crippen molar-refractivity contribution in [3.8, 4) is 17.6 Å². The summed E-state index contributed by atoms with van der Waals surface area (Å²) in [5.74, 6) is 2.25. The number of methoxy groups -OCH3 is 1. The molecule has 0 fully saturated rings. The van der Waals surface area contributed by atoms with Crippen LogP contribution in [-0.4, -0.2) is 24.7 Å². The first-order chi connectivity index (χ1) is 8.17. The van der Waals surface area contributed by atoms with Crippen LogP contribution in [0.15, 0.2) is 18.2 Å². The molecule has 4 heteroatoms. The number of hydrogen-bond acceptors (Lipinski definition) is 4. The molecule has 0 aromatic heterocycles. The van der Waals surface area contributed by atoms with Crippen LogP contribution in [0.25, 0.3) is 0 Å². The minimum Gasteiger partial charge on any atom is -0.493 e. The highest BCUT2D eigenvalue weighted by Gasteiger charge is 2.05.